The molecule has 0 aliphatic rings. The first-order valence-corrected chi connectivity index (χ1v) is 9.12. The van der Waals surface area contributed by atoms with Gasteiger partial charge in [-0.2, -0.15) is 0 Å². The summed E-state index contributed by atoms with van der Waals surface area (Å²) in [7, 11) is 1.42. The van der Waals surface area contributed by atoms with Gasteiger partial charge < -0.3 is 14.6 Å². The zero-order valence-corrected chi connectivity index (χ0v) is 15.8. The molecule has 0 fully saturated rings. The van der Waals surface area contributed by atoms with Gasteiger partial charge in [-0.1, -0.05) is 30.3 Å². The van der Waals surface area contributed by atoms with Crippen LogP contribution in [0.25, 0.3) is 11.1 Å². The Morgan fingerprint density at radius 1 is 1.19 bits per heavy atom. The molecule has 3 aromatic rings. The Bertz CT molecular complexity index is 888. The molecule has 1 aromatic heterocycles. The molecule has 0 spiro atoms. The standard InChI is InChI=1S/C22H25N3O2/c1-17-6-3-4-7-19(17)21-14-18(8-9-20(21)22(26)27-2)15-23-10-5-12-25-13-11-24-16-25/h3-4,6-9,11,13-14,16,23H,5,10,12,15H2,1-2H3. The van der Waals surface area contributed by atoms with E-state index in [9.17, 15) is 4.79 Å². The number of hydrogen-bond acceptors (Lipinski definition) is 4. The molecule has 0 amide bonds. The van der Waals surface area contributed by atoms with E-state index in [1.165, 1.54) is 7.11 Å². The number of nitrogens with zero attached hydrogens (tertiary/aromatic N) is 2. The van der Waals surface area contributed by atoms with Crippen molar-refractivity contribution >= 4 is 5.97 Å². The van der Waals surface area contributed by atoms with Gasteiger partial charge in [-0.3, -0.25) is 0 Å². The van der Waals surface area contributed by atoms with Crippen molar-refractivity contribution < 1.29 is 9.53 Å². The summed E-state index contributed by atoms with van der Waals surface area (Å²) >= 11 is 0. The van der Waals surface area contributed by atoms with E-state index in [1.54, 1.807) is 6.20 Å². The maximum absolute atomic E-state index is 12.2. The smallest absolute Gasteiger partial charge is 0.338 e. The fourth-order valence-electron chi connectivity index (χ4n) is 3.13. The van der Waals surface area contributed by atoms with Gasteiger partial charge in [0, 0.05) is 25.5 Å². The first-order chi connectivity index (χ1) is 13.2. The van der Waals surface area contributed by atoms with E-state index in [1.807, 2.05) is 42.9 Å². The maximum atomic E-state index is 12.2. The number of rotatable bonds is 8. The number of carbonyl (C=O) groups is 1. The van der Waals surface area contributed by atoms with Crippen LogP contribution in [0.5, 0.6) is 0 Å². The predicted octanol–water partition coefficient (Wildman–Crippen LogP) is 3.83. The average molecular weight is 363 g/mol. The summed E-state index contributed by atoms with van der Waals surface area (Å²) in [4.78, 5) is 16.2. The highest BCUT2D eigenvalue weighted by atomic mass is 16.5. The number of benzene rings is 2. The van der Waals surface area contributed by atoms with Gasteiger partial charge in [0.25, 0.3) is 0 Å². The van der Waals surface area contributed by atoms with Crippen molar-refractivity contribution in [1.82, 2.24) is 14.9 Å². The summed E-state index contributed by atoms with van der Waals surface area (Å²) in [5.74, 6) is -0.312. The Labute approximate surface area is 160 Å². The molecule has 0 atom stereocenters. The molecular formula is C22H25N3O2. The zero-order valence-electron chi connectivity index (χ0n) is 15.8. The van der Waals surface area contributed by atoms with Gasteiger partial charge in [0.05, 0.1) is 19.0 Å². The number of nitrogens with one attached hydrogen (secondary N) is 1. The predicted molar refractivity (Wildman–Crippen MR) is 107 cm³/mol. The first-order valence-electron chi connectivity index (χ1n) is 9.12. The monoisotopic (exact) mass is 363 g/mol. The number of methoxy groups -OCH3 is 1. The maximum Gasteiger partial charge on any atom is 0.338 e. The third-order valence-electron chi connectivity index (χ3n) is 4.58. The van der Waals surface area contributed by atoms with E-state index in [0.717, 1.165) is 48.3 Å². The van der Waals surface area contributed by atoms with E-state index >= 15 is 0 Å². The molecule has 1 heterocycles. The molecule has 0 radical (unpaired) electrons. The van der Waals surface area contributed by atoms with Crippen molar-refractivity contribution in [3.8, 4) is 11.1 Å². The van der Waals surface area contributed by atoms with E-state index in [-0.39, 0.29) is 5.97 Å². The number of aryl methyl sites for hydroxylation is 2. The summed E-state index contributed by atoms with van der Waals surface area (Å²) in [6, 6.07) is 14.0. The molecule has 140 valence electrons. The lowest BCUT2D eigenvalue weighted by atomic mass is 9.94. The lowest BCUT2D eigenvalue weighted by Gasteiger charge is -2.13. The highest BCUT2D eigenvalue weighted by Crippen LogP contribution is 2.28. The van der Waals surface area contributed by atoms with Crippen LogP contribution < -0.4 is 5.32 Å². The van der Waals surface area contributed by atoms with Crippen LogP contribution in [0.4, 0.5) is 0 Å². The summed E-state index contributed by atoms with van der Waals surface area (Å²) in [6.45, 7) is 4.67. The Balaban J connectivity index is 1.70. The molecule has 0 aliphatic heterocycles. The molecule has 5 heteroatoms. The first kappa shape index (κ1) is 18.9. The van der Waals surface area contributed by atoms with Gasteiger partial charge in [-0.05, 0) is 54.3 Å². The van der Waals surface area contributed by atoms with E-state index in [4.69, 9.17) is 4.74 Å². The van der Waals surface area contributed by atoms with Gasteiger partial charge in [0.2, 0.25) is 0 Å². The number of hydrogen-bond donors (Lipinski definition) is 1. The van der Waals surface area contributed by atoms with Gasteiger partial charge in [-0.25, -0.2) is 9.78 Å². The molecule has 27 heavy (non-hydrogen) atoms. The number of aromatic nitrogens is 2. The van der Waals surface area contributed by atoms with Gasteiger partial charge >= 0.3 is 5.97 Å². The highest BCUT2D eigenvalue weighted by molar-refractivity contribution is 5.97. The van der Waals surface area contributed by atoms with Crippen LogP contribution in [0.15, 0.2) is 61.2 Å². The van der Waals surface area contributed by atoms with Crippen molar-refractivity contribution in [3.05, 3.63) is 77.9 Å². The van der Waals surface area contributed by atoms with Crippen molar-refractivity contribution in [2.24, 2.45) is 0 Å². The molecule has 0 saturated carbocycles. The van der Waals surface area contributed by atoms with Crippen LogP contribution in [0.3, 0.4) is 0 Å². The summed E-state index contributed by atoms with van der Waals surface area (Å²) < 4.78 is 7.04. The Morgan fingerprint density at radius 3 is 2.78 bits per heavy atom. The van der Waals surface area contributed by atoms with Gasteiger partial charge in [0.15, 0.2) is 0 Å². The average Bonchev–Trinajstić information content (AvgIpc) is 3.21. The Kier molecular flexibility index (Phi) is 6.39. The molecule has 5 nitrogen and oxygen atoms in total. The third-order valence-corrected chi connectivity index (χ3v) is 4.58. The van der Waals surface area contributed by atoms with Crippen LogP contribution in [0, 0.1) is 6.92 Å². The quantitative estimate of drug-likeness (QED) is 0.488. The minimum Gasteiger partial charge on any atom is -0.465 e. The van der Waals surface area contributed by atoms with Crippen LogP contribution in [-0.4, -0.2) is 29.2 Å². The number of imidazole rings is 1. The molecule has 3 rings (SSSR count). The summed E-state index contributed by atoms with van der Waals surface area (Å²) in [6.07, 6.45) is 6.63. The van der Waals surface area contributed by atoms with Crippen LogP contribution in [0.1, 0.15) is 27.9 Å². The van der Waals surface area contributed by atoms with Crippen molar-refractivity contribution in [1.29, 1.82) is 0 Å². The van der Waals surface area contributed by atoms with Gasteiger partial charge in [0.1, 0.15) is 0 Å². The normalized spacial score (nSPS) is 10.7. The summed E-state index contributed by atoms with van der Waals surface area (Å²) in [5, 5.41) is 3.47. The lowest BCUT2D eigenvalue weighted by molar-refractivity contribution is 0.0601. The highest BCUT2D eigenvalue weighted by Gasteiger charge is 2.15. The number of carbonyl (C=O) groups excluding carboxylic acids is 1. The number of esters is 1. The SMILES string of the molecule is COC(=O)c1ccc(CNCCCn2ccnc2)cc1-c1ccccc1C. The molecule has 0 aliphatic carbocycles. The minimum atomic E-state index is -0.312. The zero-order chi connectivity index (χ0) is 19.1. The second-order valence-corrected chi connectivity index (χ2v) is 6.52. The van der Waals surface area contributed by atoms with Crippen LogP contribution in [0.2, 0.25) is 0 Å². The van der Waals surface area contributed by atoms with Crippen LogP contribution in [-0.2, 0) is 17.8 Å². The molecule has 2 aromatic carbocycles. The van der Waals surface area contributed by atoms with Crippen molar-refractivity contribution in [2.75, 3.05) is 13.7 Å². The Hall–Kier alpha value is -2.92. The minimum absolute atomic E-state index is 0.312. The molecule has 1 N–H and O–H groups in total. The van der Waals surface area contributed by atoms with Crippen molar-refractivity contribution in [3.63, 3.8) is 0 Å². The number of ether oxygens (including phenoxy) is 1. The van der Waals surface area contributed by atoms with Crippen molar-refractivity contribution in [2.45, 2.75) is 26.4 Å². The summed E-state index contributed by atoms with van der Waals surface area (Å²) in [5.41, 5.74) is 4.84. The Morgan fingerprint density at radius 2 is 2.04 bits per heavy atom. The van der Waals surface area contributed by atoms with Gasteiger partial charge in [-0.15, -0.1) is 0 Å². The fraction of sp³-hybridized carbons (Fsp3) is 0.273. The van der Waals surface area contributed by atoms with Crippen LogP contribution >= 0.6 is 0 Å². The second kappa shape index (κ2) is 9.14. The molecule has 0 bridgehead atoms. The molecule has 0 saturated heterocycles. The lowest BCUT2D eigenvalue weighted by Crippen LogP contribution is -2.16. The molecular weight excluding hydrogens is 338 g/mol. The molecule has 0 unspecified atom stereocenters. The van der Waals surface area contributed by atoms with E-state index in [2.05, 4.69) is 33.9 Å². The fourth-order valence-corrected chi connectivity index (χ4v) is 3.13. The largest absolute Gasteiger partial charge is 0.465 e. The third kappa shape index (κ3) is 4.83. The van der Waals surface area contributed by atoms with E-state index < -0.39 is 0 Å². The van der Waals surface area contributed by atoms with E-state index in [0.29, 0.717) is 5.56 Å². The topological polar surface area (TPSA) is 56.1 Å². The second-order valence-electron chi connectivity index (χ2n) is 6.52.